The van der Waals surface area contributed by atoms with Crippen LogP contribution in [-0.4, -0.2) is 45.4 Å². The molecule has 1 saturated heterocycles. The average Bonchev–Trinajstić information content (AvgIpc) is 3.24. The van der Waals surface area contributed by atoms with Crippen molar-refractivity contribution in [1.82, 2.24) is 25.7 Å². The summed E-state index contributed by atoms with van der Waals surface area (Å²) in [6.45, 7) is 3.53. The lowest BCUT2D eigenvalue weighted by Gasteiger charge is -2.34. The summed E-state index contributed by atoms with van der Waals surface area (Å²) < 4.78 is 5.01. The molecule has 2 N–H and O–H groups in total. The first-order chi connectivity index (χ1) is 11.7. The fraction of sp³-hybridized carbons (Fsp3) is 0.375. The number of fused-ring (bicyclic) bond motifs is 1. The van der Waals surface area contributed by atoms with Gasteiger partial charge in [0.2, 0.25) is 5.76 Å². The van der Waals surface area contributed by atoms with Gasteiger partial charge in [-0.3, -0.25) is 9.89 Å². The molecule has 0 saturated carbocycles. The summed E-state index contributed by atoms with van der Waals surface area (Å²) in [7, 11) is 0. The second kappa shape index (κ2) is 5.95. The van der Waals surface area contributed by atoms with Crippen molar-refractivity contribution in [2.75, 3.05) is 18.0 Å². The minimum absolute atomic E-state index is 0.140. The summed E-state index contributed by atoms with van der Waals surface area (Å²) in [4.78, 5) is 18.7. The SMILES string of the molecule is Cc1cc(C(=O)NC2CCN(c3ccnc4[nH]ncc34)CC2)on1. The van der Waals surface area contributed by atoms with Gasteiger partial charge >= 0.3 is 0 Å². The summed E-state index contributed by atoms with van der Waals surface area (Å²) in [5, 5.41) is 14.7. The second-order valence-corrected chi connectivity index (χ2v) is 6.03. The molecule has 1 aliphatic heterocycles. The van der Waals surface area contributed by atoms with Gasteiger partial charge in [-0.1, -0.05) is 5.16 Å². The average molecular weight is 326 g/mol. The Kier molecular flexibility index (Phi) is 3.64. The number of aromatic amines is 1. The molecule has 0 aromatic carbocycles. The molecule has 1 aliphatic rings. The lowest BCUT2D eigenvalue weighted by atomic mass is 10.0. The van der Waals surface area contributed by atoms with Gasteiger partial charge < -0.3 is 14.7 Å². The molecule has 124 valence electrons. The van der Waals surface area contributed by atoms with E-state index >= 15 is 0 Å². The predicted octanol–water partition coefficient (Wildman–Crippen LogP) is 1.65. The zero-order valence-corrected chi connectivity index (χ0v) is 13.3. The molecular formula is C16H18N6O2. The molecule has 0 radical (unpaired) electrons. The molecule has 8 nitrogen and oxygen atoms in total. The Balaban J connectivity index is 1.40. The van der Waals surface area contributed by atoms with Crippen LogP contribution in [0, 0.1) is 6.92 Å². The quantitative estimate of drug-likeness (QED) is 0.759. The van der Waals surface area contributed by atoms with Crippen molar-refractivity contribution in [3.8, 4) is 0 Å². The minimum atomic E-state index is -0.199. The monoisotopic (exact) mass is 326 g/mol. The van der Waals surface area contributed by atoms with Crippen LogP contribution in [0.25, 0.3) is 11.0 Å². The molecule has 1 amide bonds. The summed E-state index contributed by atoms with van der Waals surface area (Å²) in [6.07, 6.45) is 5.34. The normalized spacial score (nSPS) is 15.8. The highest BCUT2D eigenvalue weighted by molar-refractivity contribution is 5.91. The van der Waals surface area contributed by atoms with Crippen molar-refractivity contribution in [3.63, 3.8) is 0 Å². The van der Waals surface area contributed by atoms with Crippen LogP contribution in [0.4, 0.5) is 5.69 Å². The molecule has 3 aromatic rings. The number of anilines is 1. The highest BCUT2D eigenvalue weighted by Crippen LogP contribution is 2.26. The number of nitrogens with zero attached hydrogens (tertiary/aromatic N) is 4. The third-order valence-corrected chi connectivity index (χ3v) is 4.35. The molecule has 0 spiro atoms. The van der Waals surface area contributed by atoms with E-state index in [2.05, 4.69) is 30.6 Å². The summed E-state index contributed by atoms with van der Waals surface area (Å²) in [6, 6.07) is 3.80. The summed E-state index contributed by atoms with van der Waals surface area (Å²) in [5.74, 6) is 0.0688. The lowest BCUT2D eigenvalue weighted by Crippen LogP contribution is -2.44. The standard InChI is InChI=1S/C16H18N6O2/c1-10-8-14(24-21-10)16(23)19-11-3-6-22(7-4-11)13-2-5-17-15-12(13)9-18-20-15/h2,5,8-9,11H,3-4,6-7H2,1H3,(H,19,23)(H,17,18,20). The number of carbonyl (C=O) groups excluding carboxylic acids is 1. The number of hydrogen-bond acceptors (Lipinski definition) is 6. The fourth-order valence-electron chi connectivity index (χ4n) is 3.10. The van der Waals surface area contributed by atoms with Crippen LogP contribution in [0.1, 0.15) is 29.1 Å². The largest absolute Gasteiger partial charge is 0.371 e. The number of nitrogens with one attached hydrogen (secondary N) is 2. The number of hydrogen-bond donors (Lipinski definition) is 2. The Labute approximate surface area is 138 Å². The third kappa shape index (κ3) is 2.70. The van der Waals surface area contributed by atoms with Crippen molar-refractivity contribution < 1.29 is 9.32 Å². The Hall–Kier alpha value is -2.90. The van der Waals surface area contributed by atoms with Crippen LogP contribution in [-0.2, 0) is 0 Å². The van der Waals surface area contributed by atoms with Gasteiger partial charge in [-0.05, 0) is 25.8 Å². The Morgan fingerprint density at radius 3 is 3.00 bits per heavy atom. The van der Waals surface area contributed by atoms with Gasteiger partial charge in [0.25, 0.3) is 5.91 Å². The van der Waals surface area contributed by atoms with E-state index in [0.29, 0.717) is 5.69 Å². The van der Waals surface area contributed by atoms with Crippen molar-refractivity contribution in [2.24, 2.45) is 0 Å². The highest BCUT2D eigenvalue weighted by Gasteiger charge is 2.23. The minimum Gasteiger partial charge on any atom is -0.371 e. The Morgan fingerprint density at radius 2 is 2.25 bits per heavy atom. The topological polar surface area (TPSA) is 99.9 Å². The van der Waals surface area contributed by atoms with Crippen LogP contribution in [0.2, 0.25) is 0 Å². The number of piperidine rings is 1. The number of amides is 1. The van der Waals surface area contributed by atoms with Crippen LogP contribution in [0.15, 0.2) is 29.0 Å². The number of aryl methyl sites for hydroxylation is 1. The van der Waals surface area contributed by atoms with E-state index in [0.717, 1.165) is 42.7 Å². The Morgan fingerprint density at radius 1 is 1.42 bits per heavy atom. The van der Waals surface area contributed by atoms with Crippen LogP contribution in [0.3, 0.4) is 0 Å². The van der Waals surface area contributed by atoms with Crippen molar-refractivity contribution >= 4 is 22.6 Å². The van der Waals surface area contributed by atoms with E-state index in [-0.39, 0.29) is 17.7 Å². The first-order valence-corrected chi connectivity index (χ1v) is 7.98. The van der Waals surface area contributed by atoms with E-state index in [1.165, 1.54) is 0 Å². The zero-order chi connectivity index (χ0) is 16.5. The van der Waals surface area contributed by atoms with Crippen LogP contribution < -0.4 is 10.2 Å². The maximum atomic E-state index is 12.1. The third-order valence-electron chi connectivity index (χ3n) is 4.35. The van der Waals surface area contributed by atoms with Gasteiger partial charge in [0, 0.05) is 31.4 Å². The van der Waals surface area contributed by atoms with E-state index in [1.807, 2.05) is 6.07 Å². The molecule has 0 aliphatic carbocycles. The molecule has 0 bridgehead atoms. The summed E-state index contributed by atoms with van der Waals surface area (Å²) in [5.41, 5.74) is 2.63. The van der Waals surface area contributed by atoms with Gasteiger partial charge in [0.15, 0.2) is 5.65 Å². The smallest absolute Gasteiger partial charge is 0.290 e. The molecule has 0 atom stereocenters. The van der Waals surface area contributed by atoms with Crippen molar-refractivity contribution in [1.29, 1.82) is 0 Å². The van der Waals surface area contributed by atoms with Gasteiger partial charge in [-0.2, -0.15) is 5.10 Å². The first-order valence-electron chi connectivity index (χ1n) is 7.98. The van der Waals surface area contributed by atoms with E-state index < -0.39 is 0 Å². The molecular weight excluding hydrogens is 308 g/mol. The maximum absolute atomic E-state index is 12.1. The number of rotatable bonds is 3. The van der Waals surface area contributed by atoms with Gasteiger partial charge in [0.05, 0.1) is 23.0 Å². The van der Waals surface area contributed by atoms with Gasteiger partial charge in [0.1, 0.15) is 0 Å². The second-order valence-electron chi connectivity index (χ2n) is 6.03. The fourth-order valence-corrected chi connectivity index (χ4v) is 3.10. The lowest BCUT2D eigenvalue weighted by molar-refractivity contribution is 0.0893. The molecule has 0 unspecified atom stereocenters. The molecule has 8 heteroatoms. The van der Waals surface area contributed by atoms with E-state index in [1.54, 1.807) is 25.4 Å². The number of aromatic nitrogens is 4. The highest BCUT2D eigenvalue weighted by atomic mass is 16.5. The molecule has 3 aromatic heterocycles. The van der Waals surface area contributed by atoms with E-state index in [9.17, 15) is 4.79 Å². The molecule has 1 fully saturated rings. The molecule has 24 heavy (non-hydrogen) atoms. The molecule has 4 heterocycles. The van der Waals surface area contributed by atoms with E-state index in [4.69, 9.17) is 4.52 Å². The van der Waals surface area contributed by atoms with Crippen molar-refractivity contribution in [3.05, 3.63) is 36.0 Å². The zero-order valence-electron chi connectivity index (χ0n) is 13.3. The first kappa shape index (κ1) is 14.7. The molecule has 4 rings (SSSR count). The van der Waals surface area contributed by atoms with Crippen molar-refractivity contribution in [2.45, 2.75) is 25.8 Å². The maximum Gasteiger partial charge on any atom is 0.290 e. The Bertz CT molecular complexity index is 862. The predicted molar refractivity (Wildman–Crippen MR) is 87.8 cm³/mol. The van der Waals surface area contributed by atoms with Gasteiger partial charge in [-0.25, -0.2) is 4.98 Å². The number of pyridine rings is 1. The number of H-pyrrole nitrogens is 1. The number of carbonyl (C=O) groups is 1. The van der Waals surface area contributed by atoms with Gasteiger partial charge in [-0.15, -0.1) is 0 Å². The van der Waals surface area contributed by atoms with Crippen LogP contribution in [0.5, 0.6) is 0 Å². The summed E-state index contributed by atoms with van der Waals surface area (Å²) >= 11 is 0. The van der Waals surface area contributed by atoms with Crippen LogP contribution >= 0.6 is 0 Å².